The van der Waals surface area contributed by atoms with E-state index < -0.39 is 36.6 Å². The van der Waals surface area contributed by atoms with E-state index in [1.54, 1.807) is 30.3 Å². The quantitative estimate of drug-likeness (QED) is 0.378. The fourth-order valence-corrected chi connectivity index (χ4v) is 3.10. The molecular weight excluding hydrogens is 442 g/mol. The van der Waals surface area contributed by atoms with Crippen LogP contribution in [-0.2, 0) is 13.0 Å². The zero-order chi connectivity index (χ0) is 24.0. The van der Waals surface area contributed by atoms with Gasteiger partial charge in [0.1, 0.15) is 18.2 Å². The van der Waals surface area contributed by atoms with Gasteiger partial charge in [0.25, 0.3) is 5.91 Å². The van der Waals surface area contributed by atoms with Crippen molar-refractivity contribution in [3.05, 3.63) is 95.1 Å². The number of aromatic nitrogens is 2. The average molecular weight is 461 g/mol. The maximum atomic E-state index is 14.7. The molecule has 172 valence electrons. The molecule has 0 bridgehead atoms. The van der Waals surface area contributed by atoms with Gasteiger partial charge in [-0.2, -0.15) is 0 Å². The zero-order valence-corrected chi connectivity index (χ0v) is 17.2. The van der Waals surface area contributed by atoms with E-state index in [0.29, 0.717) is 5.56 Å². The van der Waals surface area contributed by atoms with Crippen LogP contribution in [0.5, 0.6) is 0 Å². The Kier molecular flexibility index (Phi) is 7.37. The van der Waals surface area contributed by atoms with Gasteiger partial charge in [0.2, 0.25) is 0 Å². The highest BCUT2D eigenvalue weighted by atomic mass is 19.4. The summed E-state index contributed by atoms with van der Waals surface area (Å²) in [4.78, 5) is 30.6. The number of carbonyl (C=O) groups excluding carboxylic acids is 1. The summed E-state index contributed by atoms with van der Waals surface area (Å²) < 4.78 is 55.3. The highest BCUT2D eigenvalue weighted by molar-refractivity contribution is 5.92. The Morgan fingerprint density at radius 2 is 1.64 bits per heavy atom. The normalized spacial score (nSPS) is 12.2. The first-order chi connectivity index (χ1) is 15.6. The lowest BCUT2D eigenvalue weighted by atomic mass is 10.0. The van der Waals surface area contributed by atoms with E-state index in [4.69, 9.17) is 5.11 Å². The zero-order valence-electron chi connectivity index (χ0n) is 17.2. The van der Waals surface area contributed by atoms with Crippen LogP contribution in [0.15, 0.2) is 67.0 Å². The van der Waals surface area contributed by atoms with Crippen molar-refractivity contribution in [1.29, 1.82) is 0 Å². The molecule has 0 saturated heterocycles. The molecule has 0 aliphatic carbocycles. The third-order valence-electron chi connectivity index (χ3n) is 4.85. The lowest BCUT2D eigenvalue weighted by Crippen LogP contribution is -2.42. The van der Waals surface area contributed by atoms with Crippen molar-refractivity contribution in [3.63, 3.8) is 0 Å². The van der Waals surface area contributed by atoms with Crippen molar-refractivity contribution in [2.75, 3.05) is 0 Å². The van der Waals surface area contributed by atoms with Crippen LogP contribution in [-0.4, -0.2) is 38.2 Å². The number of benzene rings is 2. The van der Waals surface area contributed by atoms with Crippen molar-refractivity contribution in [1.82, 2.24) is 14.9 Å². The van der Waals surface area contributed by atoms with Crippen LogP contribution in [0.4, 0.5) is 17.6 Å². The Labute approximate surface area is 186 Å². The van der Waals surface area contributed by atoms with Crippen LogP contribution in [0.25, 0.3) is 0 Å². The third kappa shape index (κ3) is 6.34. The molecule has 1 N–H and O–H groups in total. The molecule has 1 aromatic heterocycles. The number of carboxylic acid groups (broad SMARTS) is 1. The van der Waals surface area contributed by atoms with Crippen LogP contribution >= 0.6 is 0 Å². The summed E-state index contributed by atoms with van der Waals surface area (Å²) >= 11 is 0. The van der Waals surface area contributed by atoms with Crippen molar-refractivity contribution in [2.45, 2.75) is 31.9 Å². The molecule has 0 aliphatic heterocycles. The molecule has 2 aromatic carbocycles. The molecule has 1 heterocycles. The number of aryl methyl sites for hydroxylation is 1. The highest BCUT2D eigenvalue weighted by Gasteiger charge is 2.42. The van der Waals surface area contributed by atoms with Crippen LogP contribution in [0.2, 0.25) is 0 Å². The van der Waals surface area contributed by atoms with Crippen molar-refractivity contribution in [2.24, 2.45) is 0 Å². The second-order valence-electron chi connectivity index (χ2n) is 7.18. The van der Waals surface area contributed by atoms with Crippen molar-refractivity contribution >= 4 is 11.9 Å². The molecule has 10 heteroatoms. The predicted octanol–water partition coefficient (Wildman–Crippen LogP) is 4.98. The molecule has 6 nitrogen and oxygen atoms in total. The topological polar surface area (TPSA) is 83.4 Å². The van der Waals surface area contributed by atoms with Gasteiger partial charge in [-0.3, -0.25) is 4.79 Å². The molecule has 1 unspecified atom stereocenters. The van der Waals surface area contributed by atoms with Crippen molar-refractivity contribution < 1.29 is 32.3 Å². The van der Waals surface area contributed by atoms with Gasteiger partial charge in [-0.15, -0.1) is 13.2 Å². The summed E-state index contributed by atoms with van der Waals surface area (Å²) in [5.74, 6) is -2.49. The Morgan fingerprint density at radius 1 is 0.970 bits per heavy atom. The van der Waals surface area contributed by atoms with Gasteiger partial charge in [0.15, 0.2) is 0 Å². The minimum absolute atomic E-state index is 0.0654. The molecule has 0 aliphatic rings. The van der Waals surface area contributed by atoms with Gasteiger partial charge >= 0.3 is 12.3 Å². The Hall–Kier alpha value is -3.82. The number of halogens is 4. The Balaban J connectivity index is 1.72. The number of hydrogen-bond acceptors (Lipinski definition) is 4. The number of rotatable bonds is 8. The maximum Gasteiger partial charge on any atom is 0.487 e. The predicted molar refractivity (Wildman–Crippen MR) is 110 cm³/mol. The fraction of sp³-hybridized carbons (Fsp3) is 0.217. The first-order valence-electron chi connectivity index (χ1n) is 9.86. The molecule has 0 spiro atoms. The monoisotopic (exact) mass is 461 g/mol. The Bertz CT molecular complexity index is 1110. The lowest BCUT2D eigenvalue weighted by molar-refractivity contribution is -0.228. The second kappa shape index (κ2) is 10.2. The van der Waals surface area contributed by atoms with E-state index in [1.165, 1.54) is 24.3 Å². The van der Waals surface area contributed by atoms with Crippen LogP contribution < -0.4 is 0 Å². The van der Waals surface area contributed by atoms with Gasteiger partial charge in [-0.05, 0) is 42.2 Å². The molecule has 1 atom stereocenters. The SMILES string of the molecule is O=C(O)c1ccc(CCC(F)c2cc(C(=O)N(Cc3ccccc3)C(F)(F)F)ncn2)cc1. The number of aromatic carboxylic acids is 1. The molecular formula is C23H19F4N3O3. The van der Waals surface area contributed by atoms with E-state index >= 15 is 0 Å². The third-order valence-corrected chi connectivity index (χ3v) is 4.85. The molecule has 33 heavy (non-hydrogen) atoms. The summed E-state index contributed by atoms with van der Waals surface area (Å²) in [7, 11) is 0. The van der Waals surface area contributed by atoms with E-state index in [0.717, 1.165) is 12.4 Å². The number of carbonyl (C=O) groups is 2. The molecule has 3 rings (SSSR count). The van der Waals surface area contributed by atoms with E-state index in [9.17, 15) is 27.2 Å². The number of hydrogen-bond donors (Lipinski definition) is 1. The van der Waals surface area contributed by atoms with Crippen LogP contribution in [0.3, 0.4) is 0 Å². The smallest absolute Gasteiger partial charge is 0.478 e. The summed E-state index contributed by atoms with van der Waals surface area (Å²) in [5.41, 5.74) is 0.270. The largest absolute Gasteiger partial charge is 0.487 e. The van der Waals surface area contributed by atoms with Gasteiger partial charge in [0.05, 0.1) is 17.8 Å². The number of alkyl halides is 4. The van der Waals surface area contributed by atoms with Gasteiger partial charge in [0, 0.05) is 0 Å². The molecule has 0 saturated carbocycles. The first kappa shape index (κ1) is 23.8. The molecule has 1 amide bonds. The van der Waals surface area contributed by atoms with E-state index in [-0.39, 0.29) is 34.6 Å². The fourth-order valence-electron chi connectivity index (χ4n) is 3.10. The summed E-state index contributed by atoms with van der Waals surface area (Å²) in [6, 6.07) is 14.5. The highest BCUT2D eigenvalue weighted by Crippen LogP contribution is 2.27. The van der Waals surface area contributed by atoms with Crippen molar-refractivity contribution in [3.8, 4) is 0 Å². The second-order valence-corrected chi connectivity index (χ2v) is 7.18. The molecule has 0 fully saturated rings. The lowest BCUT2D eigenvalue weighted by Gasteiger charge is -2.25. The first-order valence-corrected chi connectivity index (χ1v) is 9.86. The van der Waals surface area contributed by atoms with Gasteiger partial charge < -0.3 is 5.11 Å². The Morgan fingerprint density at radius 3 is 2.24 bits per heavy atom. The van der Waals surface area contributed by atoms with E-state index in [1.807, 2.05) is 0 Å². The van der Waals surface area contributed by atoms with Crippen LogP contribution in [0, 0.1) is 0 Å². The average Bonchev–Trinajstić information content (AvgIpc) is 2.81. The molecule has 3 aromatic rings. The standard InChI is InChI=1S/C23H19F4N3O3/c24-18(11-8-15-6-9-17(10-7-15)22(32)33)19-12-20(29-14-28-19)21(31)30(23(25,26)27)13-16-4-2-1-3-5-16/h1-7,9-10,12,14,18H,8,11,13H2,(H,32,33). The van der Waals surface area contributed by atoms with E-state index in [2.05, 4.69) is 9.97 Å². The number of carboxylic acids is 1. The van der Waals surface area contributed by atoms with Crippen LogP contribution in [0.1, 0.15) is 50.3 Å². The summed E-state index contributed by atoms with van der Waals surface area (Å²) in [5, 5.41) is 8.91. The van der Waals surface area contributed by atoms with Gasteiger partial charge in [-0.25, -0.2) is 24.1 Å². The summed E-state index contributed by atoms with van der Waals surface area (Å²) in [6.07, 6.45) is -5.60. The maximum absolute atomic E-state index is 14.7. The summed E-state index contributed by atoms with van der Waals surface area (Å²) in [6.45, 7) is -0.714. The van der Waals surface area contributed by atoms with Gasteiger partial charge in [-0.1, -0.05) is 42.5 Å². The molecule has 0 radical (unpaired) electrons. The number of amides is 1. The minimum atomic E-state index is -4.96. The number of nitrogens with zero attached hydrogens (tertiary/aromatic N) is 3. The minimum Gasteiger partial charge on any atom is -0.478 e.